The van der Waals surface area contributed by atoms with Crippen LogP contribution in [0.25, 0.3) is 0 Å². The van der Waals surface area contributed by atoms with Crippen LogP contribution < -0.4 is 14.8 Å². The average molecular weight is 321 g/mol. The highest BCUT2D eigenvalue weighted by molar-refractivity contribution is 5.44. The Kier molecular flexibility index (Phi) is 6.69. The molecule has 0 spiro atoms. The fraction of sp³-hybridized carbons (Fsp3) is 0.667. The van der Waals surface area contributed by atoms with Crippen LogP contribution in [0.3, 0.4) is 0 Å². The largest absolute Gasteiger partial charge is 0.493 e. The van der Waals surface area contributed by atoms with Gasteiger partial charge < -0.3 is 19.7 Å². The van der Waals surface area contributed by atoms with E-state index >= 15 is 0 Å². The summed E-state index contributed by atoms with van der Waals surface area (Å²) in [6, 6.07) is 6.71. The number of likely N-dealkylation sites (N-methyl/N-ethyl adjacent to an activating group) is 1. The van der Waals surface area contributed by atoms with Crippen molar-refractivity contribution >= 4 is 0 Å². The second-order valence-electron chi connectivity index (χ2n) is 6.64. The summed E-state index contributed by atoms with van der Waals surface area (Å²) in [6.07, 6.45) is 0.130. The highest BCUT2D eigenvalue weighted by Gasteiger charge is 2.24. The van der Waals surface area contributed by atoms with Gasteiger partial charge in [-0.2, -0.15) is 0 Å². The number of ether oxygens (including phenoxy) is 2. The summed E-state index contributed by atoms with van der Waals surface area (Å²) in [4.78, 5) is 4.80. The number of nitrogens with zero attached hydrogens (tertiary/aromatic N) is 2. The number of hydrogen-bond acceptors (Lipinski definition) is 5. The van der Waals surface area contributed by atoms with Gasteiger partial charge in [0.2, 0.25) is 0 Å². The molecule has 1 aromatic carbocycles. The number of methoxy groups -OCH3 is 1. The Morgan fingerprint density at radius 2 is 1.87 bits per heavy atom. The van der Waals surface area contributed by atoms with E-state index < -0.39 is 0 Å². The summed E-state index contributed by atoms with van der Waals surface area (Å²) in [7, 11) is 5.95. The van der Waals surface area contributed by atoms with Crippen molar-refractivity contribution in [3.63, 3.8) is 0 Å². The second kappa shape index (κ2) is 8.52. The van der Waals surface area contributed by atoms with Crippen molar-refractivity contribution in [3.8, 4) is 11.5 Å². The second-order valence-corrected chi connectivity index (χ2v) is 6.64. The predicted molar refractivity (Wildman–Crippen MR) is 94.5 cm³/mol. The van der Waals surface area contributed by atoms with Gasteiger partial charge in [-0.05, 0) is 45.6 Å². The monoisotopic (exact) mass is 321 g/mol. The van der Waals surface area contributed by atoms with Gasteiger partial charge in [0.05, 0.1) is 13.2 Å². The van der Waals surface area contributed by atoms with Crippen molar-refractivity contribution in [2.24, 2.45) is 0 Å². The number of piperazine rings is 1. The molecule has 1 aliphatic heterocycles. The van der Waals surface area contributed by atoms with E-state index in [2.05, 4.69) is 41.3 Å². The SMILES string of the molecule is COc1ccc(C(CN(C)C)N2CCNCC2)cc1OC(C)C. The third kappa shape index (κ3) is 5.09. The first-order chi connectivity index (χ1) is 11.0. The van der Waals surface area contributed by atoms with Crippen LogP contribution in [0.2, 0.25) is 0 Å². The van der Waals surface area contributed by atoms with E-state index in [1.54, 1.807) is 7.11 Å². The predicted octanol–water partition coefficient (Wildman–Crippen LogP) is 1.99. The molecule has 130 valence electrons. The van der Waals surface area contributed by atoms with E-state index in [1.165, 1.54) is 5.56 Å². The summed E-state index contributed by atoms with van der Waals surface area (Å²) in [5.41, 5.74) is 1.29. The molecule has 5 nitrogen and oxygen atoms in total. The minimum Gasteiger partial charge on any atom is -0.493 e. The molecule has 0 saturated carbocycles. The Labute approximate surface area is 140 Å². The Balaban J connectivity index is 2.29. The lowest BCUT2D eigenvalue weighted by atomic mass is 10.0. The first-order valence-corrected chi connectivity index (χ1v) is 8.45. The Hall–Kier alpha value is -1.30. The van der Waals surface area contributed by atoms with Crippen molar-refractivity contribution in [2.45, 2.75) is 26.0 Å². The standard InChI is InChI=1S/C18H31N3O2/c1-14(2)23-18-12-15(6-7-17(18)22-5)16(13-20(3)4)21-10-8-19-9-11-21/h6-7,12,14,16,19H,8-11,13H2,1-5H3. The Bertz CT molecular complexity index is 485. The van der Waals surface area contributed by atoms with Crippen molar-refractivity contribution < 1.29 is 9.47 Å². The molecule has 1 aliphatic rings. The van der Waals surface area contributed by atoms with Crippen LogP contribution >= 0.6 is 0 Å². The van der Waals surface area contributed by atoms with E-state index in [0.29, 0.717) is 6.04 Å². The average Bonchev–Trinajstić information content (AvgIpc) is 2.52. The van der Waals surface area contributed by atoms with Gasteiger partial charge in [0, 0.05) is 38.8 Å². The quantitative estimate of drug-likeness (QED) is 0.831. The number of hydrogen-bond donors (Lipinski definition) is 1. The lowest BCUT2D eigenvalue weighted by molar-refractivity contribution is 0.144. The summed E-state index contributed by atoms with van der Waals surface area (Å²) >= 11 is 0. The molecular formula is C18H31N3O2. The van der Waals surface area contributed by atoms with Gasteiger partial charge in [-0.15, -0.1) is 0 Å². The highest BCUT2D eigenvalue weighted by Crippen LogP contribution is 2.33. The van der Waals surface area contributed by atoms with E-state index in [9.17, 15) is 0 Å². The molecule has 0 aromatic heterocycles. The van der Waals surface area contributed by atoms with E-state index in [1.807, 2.05) is 19.9 Å². The molecule has 1 atom stereocenters. The summed E-state index contributed by atoms with van der Waals surface area (Å²) in [5, 5.41) is 3.43. The molecule has 1 saturated heterocycles. The van der Waals surface area contributed by atoms with Gasteiger partial charge in [-0.3, -0.25) is 4.90 Å². The van der Waals surface area contributed by atoms with Crippen molar-refractivity contribution in [3.05, 3.63) is 23.8 Å². The first kappa shape index (κ1) is 18.0. The molecule has 23 heavy (non-hydrogen) atoms. The van der Waals surface area contributed by atoms with Gasteiger partial charge in [-0.1, -0.05) is 6.07 Å². The third-order valence-corrected chi connectivity index (χ3v) is 4.07. The Morgan fingerprint density at radius 1 is 1.17 bits per heavy atom. The van der Waals surface area contributed by atoms with Gasteiger partial charge in [0.15, 0.2) is 11.5 Å². The molecule has 1 N–H and O–H groups in total. The van der Waals surface area contributed by atoms with Crippen LogP contribution in [0.15, 0.2) is 18.2 Å². The van der Waals surface area contributed by atoms with Crippen LogP contribution in [0.4, 0.5) is 0 Å². The fourth-order valence-electron chi connectivity index (χ4n) is 3.02. The van der Waals surface area contributed by atoms with Gasteiger partial charge in [0.1, 0.15) is 0 Å². The molecular weight excluding hydrogens is 290 g/mol. The highest BCUT2D eigenvalue weighted by atomic mass is 16.5. The third-order valence-electron chi connectivity index (χ3n) is 4.07. The number of benzene rings is 1. The van der Waals surface area contributed by atoms with Gasteiger partial charge in [-0.25, -0.2) is 0 Å². The zero-order chi connectivity index (χ0) is 16.8. The summed E-state index contributed by atoms with van der Waals surface area (Å²) < 4.78 is 11.4. The lowest BCUT2D eigenvalue weighted by Crippen LogP contribution is -2.47. The molecule has 0 amide bonds. The Morgan fingerprint density at radius 3 is 2.43 bits per heavy atom. The minimum absolute atomic E-state index is 0.130. The maximum absolute atomic E-state index is 5.95. The van der Waals surface area contributed by atoms with E-state index in [4.69, 9.17) is 9.47 Å². The first-order valence-electron chi connectivity index (χ1n) is 8.45. The molecule has 0 bridgehead atoms. The van der Waals surface area contributed by atoms with Crippen LogP contribution in [-0.2, 0) is 0 Å². The molecule has 5 heteroatoms. The molecule has 0 aliphatic carbocycles. The van der Waals surface area contributed by atoms with E-state index in [-0.39, 0.29) is 6.10 Å². The molecule has 1 fully saturated rings. The van der Waals surface area contributed by atoms with Gasteiger partial charge >= 0.3 is 0 Å². The van der Waals surface area contributed by atoms with E-state index in [0.717, 1.165) is 44.2 Å². The zero-order valence-corrected chi connectivity index (χ0v) is 15.1. The topological polar surface area (TPSA) is 37.0 Å². The molecule has 1 heterocycles. The van der Waals surface area contributed by atoms with Crippen LogP contribution in [0, 0.1) is 0 Å². The van der Waals surface area contributed by atoms with Crippen molar-refractivity contribution in [1.29, 1.82) is 0 Å². The normalized spacial score (nSPS) is 17.5. The summed E-state index contributed by atoms with van der Waals surface area (Å²) in [6.45, 7) is 9.33. The molecule has 2 rings (SSSR count). The molecule has 1 aromatic rings. The lowest BCUT2D eigenvalue weighted by Gasteiger charge is -2.36. The van der Waals surface area contributed by atoms with Crippen LogP contribution in [-0.4, -0.2) is 69.8 Å². The zero-order valence-electron chi connectivity index (χ0n) is 15.1. The summed E-state index contributed by atoms with van der Waals surface area (Å²) in [5.74, 6) is 1.63. The number of rotatable bonds is 7. The molecule has 0 radical (unpaired) electrons. The van der Waals surface area contributed by atoms with Crippen LogP contribution in [0.5, 0.6) is 11.5 Å². The van der Waals surface area contributed by atoms with Gasteiger partial charge in [0.25, 0.3) is 0 Å². The fourth-order valence-corrected chi connectivity index (χ4v) is 3.02. The molecule has 1 unspecified atom stereocenters. The smallest absolute Gasteiger partial charge is 0.161 e. The maximum atomic E-state index is 5.95. The van der Waals surface area contributed by atoms with Crippen LogP contribution in [0.1, 0.15) is 25.5 Å². The maximum Gasteiger partial charge on any atom is 0.161 e. The van der Waals surface area contributed by atoms with Crippen molar-refractivity contribution in [2.75, 3.05) is 53.9 Å². The minimum atomic E-state index is 0.130. The number of nitrogens with one attached hydrogen (secondary N) is 1. The van der Waals surface area contributed by atoms with Crippen molar-refractivity contribution in [1.82, 2.24) is 15.1 Å².